The molecule has 0 bridgehead atoms. The molecule has 1 heterocycles. The molecule has 0 radical (unpaired) electrons. The van der Waals surface area contributed by atoms with Crippen molar-refractivity contribution in [3.63, 3.8) is 0 Å². The largest absolute Gasteiger partial charge is 0.365 e. The maximum absolute atomic E-state index is 5.93. The fraction of sp³-hybridized carbons (Fsp3) is 0.474. The van der Waals surface area contributed by atoms with Crippen molar-refractivity contribution in [2.24, 2.45) is 0 Å². The molecule has 3 nitrogen and oxygen atoms in total. The van der Waals surface area contributed by atoms with E-state index < -0.39 is 0 Å². The first-order valence-corrected chi connectivity index (χ1v) is 8.26. The zero-order valence-electron chi connectivity index (χ0n) is 13.9. The molecule has 1 aliphatic heterocycles. The number of nitrogens with zero attached hydrogens (tertiary/aromatic N) is 1. The van der Waals surface area contributed by atoms with Crippen molar-refractivity contribution in [2.75, 3.05) is 40.3 Å². The second kappa shape index (κ2) is 6.78. The van der Waals surface area contributed by atoms with Crippen LogP contribution in [0.1, 0.15) is 18.5 Å². The number of hydrogen-bond acceptors (Lipinski definition) is 2. The normalized spacial score (nSPS) is 23.8. The van der Waals surface area contributed by atoms with Crippen LogP contribution in [0, 0.1) is 0 Å². The zero-order chi connectivity index (χ0) is 15.5. The van der Waals surface area contributed by atoms with E-state index in [4.69, 9.17) is 4.74 Å². The highest BCUT2D eigenvalue weighted by Gasteiger charge is 2.24. The molecule has 0 saturated carbocycles. The van der Waals surface area contributed by atoms with Gasteiger partial charge in [0, 0.05) is 12.6 Å². The Morgan fingerprint density at radius 1 is 1.23 bits per heavy atom. The van der Waals surface area contributed by atoms with E-state index in [2.05, 4.69) is 68.4 Å². The summed E-state index contributed by atoms with van der Waals surface area (Å²) in [6.07, 6.45) is 0.344. The average molecular weight is 299 g/mol. The number of morpholine rings is 1. The molecule has 1 N–H and O–H groups in total. The Labute approximate surface area is 133 Å². The van der Waals surface area contributed by atoms with Gasteiger partial charge in [0.2, 0.25) is 0 Å². The van der Waals surface area contributed by atoms with E-state index in [1.54, 1.807) is 4.90 Å². The van der Waals surface area contributed by atoms with Gasteiger partial charge in [0.1, 0.15) is 19.2 Å². The molecule has 1 aliphatic rings. The first kappa shape index (κ1) is 15.5. The molecule has 2 aromatic carbocycles. The van der Waals surface area contributed by atoms with Crippen LogP contribution in [-0.4, -0.2) is 51.3 Å². The molecular formula is C19H27N2O+. The predicted molar refractivity (Wildman–Crippen MR) is 91.4 cm³/mol. The number of benzene rings is 2. The summed E-state index contributed by atoms with van der Waals surface area (Å²) in [6, 6.07) is 15.6. The summed E-state index contributed by atoms with van der Waals surface area (Å²) < 4.78 is 5.93. The van der Waals surface area contributed by atoms with Gasteiger partial charge in [-0.3, -0.25) is 4.90 Å². The van der Waals surface area contributed by atoms with Crippen LogP contribution in [-0.2, 0) is 4.74 Å². The van der Waals surface area contributed by atoms with Crippen LogP contribution in [0.25, 0.3) is 10.8 Å². The number of nitrogens with one attached hydrogen (secondary N) is 1. The van der Waals surface area contributed by atoms with Gasteiger partial charge in [0.15, 0.2) is 0 Å². The Kier molecular flexibility index (Phi) is 4.77. The van der Waals surface area contributed by atoms with Gasteiger partial charge in [0.05, 0.1) is 13.7 Å². The fourth-order valence-electron chi connectivity index (χ4n) is 3.40. The third-order valence-corrected chi connectivity index (χ3v) is 4.88. The van der Waals surface area contributed by atoms with Crippen LogP contribution < -0.4 is 4.90 Å². The predicted octanol–water partition coefficient (Wildman–Crippen LogP) is 1.75. The van der Waals surface area contributed by atoms with Gasteiger partial charge in [-0.1, -0.05) is 42.5 Å². The van der Waals surface area contributed by atoms with Crippen molar-refractivity contribution >= 4 is 10.8 Å². The Morgan fingerprint density at radius 3 is 2.82 bits per heavy atom. The zero-order valence-corrected chi connectivity index (χ0v) is 13.9. The van der Waals surface area contributed by atoms with Crippen LogP contribution in [0.2, 0.25) is 0 Å². The van der Waals surface area contributed by atoms with Crippen molar-refractivity contribution in [1.82, 2.24) is 4.90 Å². The second-order valence-electron chi connectivity index (χ2n) is 6.59. The standard InChI is InChI=1S/C19H26N2O/c1-15(21(3)14-17-13-20(2)11-12-22-17)18-10-6-8-16-7-4-5-9-19(16)18/h4-10,15,17H,11-14H2,1-3H3/p+1/t15-,17?/m1/s1. The summed E-state index contributed by atoms with van der Waals surface area (Å²) in [4.78, 5) is 3.99. The molecule has 3 atom stereocenters. The van der Waals surface area contributed by atoms with E-state index in [0.717, 1.165) is 26.2 Å². The Balaban J connectivity index is 1.75. The van der Waals surface area contributed by atoms with Crippen LogP contribution in [0.5, 0.6) is 0 Å². The molecule has 0 aromatic heterocycles. The van der Waals surface area contributed by atoms with Crippen molar-refractivity contribution < 1.29 is 9.64 Å². The minimum Gasteiger partial charge on any atom is -0.365 e. The summed E-state index contributed by atoms with van der Waals surface area (Å²) in [7, 11) is 4.46. The molecule has 0 amide bonds. The van der Waals surface area contributed by atoms with E-state index in [0.29, 0.717) is 12.1 Å². The number of rotatable bonds is 4. The number of fused-ring (bicyclic) bond motifs is 1. The Morgan fingerprint density at radius 2 is 2.00 bits per heavy atom. The van der Waals surface area contributed by atoms with Crippen molar-refractivity contribution in [1.29, 1.82) is 0 Å². The molecule has 22 heavy (non-hydrogen) atoms. The lowest BCUT2D eigenvalue weighted by atomic mass is 9.99. The van der Waals surface area contributed by atoms with E-state index in [9.17, 15) is 0 Å². The van der Waals surface area contributed by atoms with E-state index >= 15 is 0 Å². The van der Waals surface area contributed by atoms with E-state index in [1.165, 1.54) is 16.3 Å². The lowest BCUT2D eigenvalue weighted by Gasteiger charge is -2.33. The molecule has 2 aromatic rings. The molecule has 118 valence electrons. The molecule has 3 heteroatoms. The van der Waals surface area contributed by atoms with Crippen molar-refractivity contribution in [3.05, 3.63) is 48.0 Å². The van der Waals surface area contributed by atoms with Crippen molar-refractivity contribution in [2.45, 2.75) is 19.1 Å². The number of quaternary nitrogens is 1. The lowest BCUT2D eigenvalue weighted by molar-refractivity contribution is -0.891. The van der Waals surface area contributed by atoms with Gasteiger partial charge >= 0.3 is 0 Å². The second-order valence-corrected chi connectivity index (χ2v) is 6.59. The Hall–Kier alpha value is -1.42. The molecule has 3 rings (SSSR count). The number of likely N-dealkylation sites (N-methyl/N-ethyl adjacent to an activating group) is 2. The van der Waals surface area contributed by atoms with Crippen LogP contribution in [0.4, 0.5) is 0 Å². The average Bonchev–Trinajstić information content (AvgIpc) is 2.53. The first-order valence-electron chi connectivity index (χ1n) is 8.26. The molecule has 0 spiro atoms. The highest BCUT2D eigenvalue weighted by molar-refractivity contribution is 5.86. The quantitative estimate of drug-likeness (QED) is 0.926. The van der Waals surface area contributed by atoms with Gasteiger partial charge in [0.25, 0.3) is 0 Å². The highest BCUT2D eigenvalue weighted by atomic mass is 16.5. The summed E-state index contributed by atoms with van der Waals surface area (Å²) in [5.74, 6) is 0. The number of ether oxygens (including phenoxy) is 1. The maximum atomic E-state index is 5.93. The minimum atomic E-state index is 0.344. The fourth-order valence-corrected chi connectivity index (χ4v) is 3.40. The summed E-state index contributed by atoms with van der Waals surface area (Å²) >= 11 is 0. The van der Waals surface area contributed by atoms with Crippen molar-refractivity contribution in [3.8, 4) is 0 Å². The summed E-state index contributed by atoms with van der Waals surface area (Å²) in [5.41, 5.74) is 1.40. The van der Waals surface area contributed by atoms with E-state index in [-0.39, 0.29) is 0 Å². The van der Waals surface area contributed by atoms with E-state index in [1.807, 2.05) is 0 Å². The summed E-state index contributed by atoms with van der Waals surface area (Å²) in [6.45, 7) is 6.39. The Bertz CT molecular complexity index is 622. The van der Waals surface area contributed by atoms with Crippen LogP contribution in [0.15, 0.2) is 42.5 Å². The summed E-state index contributed by atoms with van der Waals surface area (Å²) in [5, 5.41) is 2.68. The van der Waals surface area contributed by atoms with Gasteiger partial charge < -0.3 is 9.64 Å². The first-order chi connectivity index (χ1) is 10.6. The monoisotopic (exact) mass is 299 g/mol. The molecular weight excluding hydrogens is 272 g/mol. The van der Waals surface area contributed by atoms with Gasteiger partial charge in [-0.05, 0) is 30.3 Å². The maximum Gasteiger partial charge on any atom is 0.119 e. The highest BCUT2D eigenvalue weighted by Crippen LogP contribution is 2.27. The van der Waals surface area contributed by atoms with Gasteiger partial charge in [-0.15, -0.1) is 0 Å². The third kappa shape index (κ3) is 3.32. The molecule has 0 aliphatic carbocycles. The van der Waals surface area contributed by atoms with Crippen LogP contribution in [0.3, 0.4) is 0 Å². The van der Waals surface area contributed by atoms with Gasteiger partial charge in [-0.25, -0.2) is 0 Å². The number of hydrogen-bond donors (Lipinski definition) is 1. The molecule has 1 fully saturated rings. The topological polar surface area (TPSA) is 16.9 Å². The van der Waals surface area contributed by atoms with Crippen LogP contribution >= 0.6 is 0 Å². The smallest absolute Gasteiger partial charge is 0.119 e. The molecule has 1 saturated heterocycles. The third-order valence-electron chi connectivity index (χ3n) is 4.88. The van der Waals surface area contributed by atoms with Gasteiger partial charge in [-0.2, -0.15) is 0 Å². The SMILES string of the molecule is C[C@H](c1cccc2ccccc12)N(C)CC1C[NH+](C)CCO1. The lowest BCUT2D eigenvalue weighted by Crippen LogP contribution is -3.12. The molecule has 2 unspecified atom stereocenters. The minimum absolute atomic E-state index is 0.344.